The molecule has 1 saturated heterocycles. The van der Waals surface area contributed by atoms with Gasteiger partial charge >= 0.3 is 0 Å². The predicted molar refractivity (Wildman–Crippen MR) is 76.5 cm³/mol. The summed E-state index contributed by atoms with van der Waals surface area (Å²) in [6.45, 7) is 8.10. The number of nitrogens with zero attached hydrogens (tertiary/aromatic N) is 3. The first kappa shape index (κ1) is 14.3. The van der Waals surface area contributed by atoms with Crippen LogP contribution in [0, 0.1) is 19.8 Å². The maximum absolute atomic E-state index is 9.63. The first-order valence-electron chi connectivity index (χ1n) is 7.33. The Kier molecular flexibility index (Phi) is 3.82. The lowest BCUT2D eigenvalue weighted by Gasteiger charge is -2.15. The molecule has 1 aliphatic rings. The van der Waals surface area contributed by atoms with Crippen LogP contribution >= 0.6 is 0 Å². The molecular formula is C15H21N3O3. The highest BCUT2D eigenvalue weighted by molar-refractivity contribution is 5.55. The Balaban J connectivity index is 1.67. The van der Waals surface area contributed by atoms with Gasteiger partial charge in [-0.05, 0) is 45.7 Å². The van der Waals surface area contributed by atoms with Crippen LogP contribution in [-0.2, 0) is 6.54 Å². The average Bonchev–Trinajstić information content (AvgIpc) is 3.10. The highest BCUT2D eigenvalue weighted by Gasteiger charge is 2.27. The summed E-state index contributed by atoms with van der Waals surface area (Å²) in [6, 6.07) is 1.91. The van der Waals surface area contributed by atoms with Crippen molar-refractivity contribution in [3.8, 4) is 11.5 Å². The summed E-state index contributed by atoms with van der Waals surface area (Å²) in [5, 5.41) is 17.9. The fourth-order valence-electron chi connectivity index (χ4n) is 2.86. The molecule has 0 aromatic carbocycles. The molecule has 0 bridgehead atoms. The van der Waals surface area contributed by atoms with Gasteiger partial charge in [-0.15, -0.1) is 10.2 Å². The van der Waals surface area contributed by atoms with Gasteiger partial charge in [-0.1, -0.05) is 0 Å². The van der Waals surface area contributed by atoms with Gasteiger partial charge in [-0.3, -0.25) is 4.90 Å². The molecule has 0 saturated carbocycles. The molecule has 2 aromatic heterocycles. The van der Waals surface area contributed by atoms with Crippen LogP contribution in [0.15, 0.2) is 14.9 Å². The van der Waals surface area contributed by atoms with Crippen molar-refractivity contribution in [2.45, 2.75) is 39.8 Å². The van der Waals surface area contributed by atoms with Crippen LogP contribution < -0.4 is 0 Å². The van der Waals surface area contributed by atoms with Crippen LogP contribution in [0.25, 0.3) is 11.5 Å². The lowest BCUT2D eigenvalue weighted by atomic mass is 10.0. The number of aryl methyl sites for hydroxylation is 2. The van der Waals surface area contributed by atoms with Gasteiger partial charge in [0, 0.05) is 6.54 Å². The quantitative estimate of drug-likeness (QED) is 0.930. The van der Waals surface area contributed by atoms with E-state index >= 15 is 0 Å². The van der Waals surface area contributed by atoms with Gasteiger partial charge in [0.15, 0.2) is 0 Å². The third-order valence-electron chi connectivity index (χ3n) is 4.09. The largest absolute Gasteiger partial charge is 0.466 e. The van der Waals surface area contributed by atoms with E-state index in [0.29, 0.717) is 24.2 Å². The van der Waals surface area contributed by atoms with E-state index in [9.17, 15) is 5.11 Å². The van der Waals surface area contributed by atoms with Crippen molar-refractivity contribution in [3.63, 3.8) is 0 Å². The van der Waals surface area contributed by atoms with Gasteiger partial charge in [-0.25, -0.2) is 0 Å². The van der Waals surface area contributed by atoms with Crippen LogP contribution in [-0.4, -0.2) is 39.4 Å². The molecule has 2 unspecified atom stereocenters. The second-order valence-electron chi connectivity index (χ2n) is 5.85. The fourth-order valence-corrected chi connectivity index (χ4v) is 2.86. The van der Waals surface area contributed by atoms with E-state index in [-0.39, 0.29) is 6.10 Å². The van der Waals surface area contributed by atoms with Crippen LogP contribution in [0.3, 0.4) is 0 Å². The number of furan rings is 1. The molecule has 21 heavy (non-hydrogen) atoms. The normalized spacial score (nSPS) is 21.0. The number of rotatable bonds is 4. The highest BCUT2D eigenvalue weighted by atomic mass is 16.4. The Labute approximate surface area is 123 Å². The molecule has 2 aromatic rings. The van der Waals surface area contributed by atoms with Gasteiger partial charge < -0.3 is 13.9 Å². The second-order valence-corrected chi connectivity index (χ2v) is 5.85. The zero-order valence-electron chi connectivity index (χ0n) is 12.7. The number of aromatic nitrogens is 2. The number of aliphatic hydroxyl groups excluding tert-OH is 1. The Hall–Kier alpha value is -1.66. The molecule has 3 heterocycles. The van der Waals surface area contributed by atoms with Crippen molar-refractivity contribution < 1.29 is 13.9 Å². The molecule has 1 N–H and O–H groups in total. The van der Waals surface area contributed by atoms with Crippen LogP contribution in [0.5, 0.6) is 0 Å². The lowest BCUT2D eigenvalue weighted by Crippen LogP contribution is -2.24. The third-order valence-corrected chi connectivity index (χ3v) is 4.09. The smallest absolute Gasteiger partial charge is 0.251 e. The Bertz CT molecular complexity index is 617. The predicted octanol–water partition coefficient (Wildman–Crippen LogP) is 2.15. The Morgan fingerprint density at radius 1 is 1.38 bits per heavy atom. The van der Waals surface area contributed by atoms with Crippen molar-refractivity contribution >= 4 is 0 Å². The Morgan fingerprint density at radius 3 is 2.81 bits per heavy atom. The van der Waals surface area contributed by atoms with Crippen LogP contribution in [0.1, 0.15) is 30.8 Å². The van der Waals surface area contributed by atoms with E-state index in [0.717, 1.165) is 36.6 Å². The topological polar surface area (TPSA) is 75.5 Å². The number of likely N-dealkylation sites (tertiary alicyclic amines) is 1. The summed E-state index contributed by atoms with van der Waals surface area (Å²) in [4.78, 5) is 2.24. The summed E-state index contributed by atoms with van der Waals surface area (Å²) < 4.78 is 11.2. The molecule has 1 aliphatic heterocycles. The maximum Gasteiger partial charge on any atom is 0.251 e. The molecule has 0 amide bonds. The molecule has 0 spiro atoms. The Morgan fingerprint density at radius 2 is 2.19 bits per heavy atom. The molecule has 0 radical (unpaired) electrons. The minimum atomic E-state index is -0.259. The average molecular weight is 291 g/mol. The van der Waals surface area contributed by atoms with Crippen molar-refractivity contribution in [2.24, 2.45) is 5.92 Å². The van der Waals surface area contributed by atoms with Gasteiger partial charge in [0.2, 0.25) is 5.89 Å². The second kappa shape index (κ2) is 5.61. The van der Waals surface area contributed by atoms with Crippen molar-refractivity contribution in [1.29, 1.82) is 0 Å². The maximum atomic E-state index is 9.63. The van der Waals surface area contributed by atoms with Gasteiger partial charge in [-0.2, -0.15) is 0 Å². The van der Waals surface area contributed by atoms with E-state index in [1.165, 1.54) is 0 Å². The molecule has 6 heteroatoms. The van der Waals surface area contributed by atoms with E-state index in [1.807, 2.05) is 26.8 Å². The summed E-state index contributed by atoms with van der Waals surface area (Å²) in [6.07, 6.45) is 0.753. The molecule has 2 atom stereocenters. The molecule has 3 rings (SSSR count). The van der Waals surface area contributed by atoms with Crippen molar-refractivity contribution in [2.75, 3.05) is 13.1 Å². The number of aliphatic hydroxyl groups is 1. The van der Waals surface area contributed by atoms with Gasteiger partial charge in [0.25, 0.3) is 5.89 Å². The first-order valence-corrected chi connectivity index (χ1v) is 7.33. The number of hydrogen-bond donors (Lipinski definition) is 1. The monoisotopic (exact) mass is 291 g/mol. The van der Waals surface area contributed by atoms with E-state index < -0.39 is 0 Å². The van der Waals surface area contributed by atoms with E-state index in [4.69, 9.17) is 8.83 Å². The summed E-state index contributed by atoms with van der Waals surface area (Å²) in [7, 11) is 0. The summed E-state index contributed by atoms with van der Waals surface area (Å²) >= 11 is 0. The molecule has 114 valence electrons. The highest BCUT2D eigenvalue weighted by Crippen LogP contribution is 2.26. The zero-order chi connectivity index (χ0) is 15.0. The molecule has 0 aliphatic carbocycles. The summed E-state index contributed by atoms with van der Waals surface area (Å²) in [5.74, 6) is 3.07. The van der Waals surface area contributed by atoms with E-state index in [2.05, 4.69) is 15.1 Å². The standard InChI is InChI=1S/C15H21N3O3/c1-9-6-13(11(3)20-9)15-17-16-14(21-15)8-18-5-4-12(7-18)10(2)19/h6,10,12,19H,4-5,7-8H2,1-3H3. The molecule has 1 fully saturated rings. The lowest BCUT2D eigenvalue weighted by molar-refractivity contribution is 0.126. The minimum Gasteiger partial charge on any atom is -0.466 e. The fraction of sp³-hybridized carbons (Fsp3) is 0.600. The van der Waals surface area contributed by atoms with Crippen LogP contribution in [0.2, 0.25) is 0 Å². The van der Waals surface area contributed by atoms with Gasteiger partial charge in [0.05, 0.1) is 18.2 Å². The molecular weight excluding hydrogens is 270 g/mol. The summed E-state index contributed by atoms with van der Waals surface area (Å²) in [5.41, 5.74) is 0.856. The van der Waals surface area contributed by atoms with E-state index in [1.54, 1.807) is 0 Å². The third kappa shape index (κ3) is 3.01. The molecule has 6 nitrogen and oxygen atoms in total. The zero-order valence-corrected chi connectivity index (χ0v) is 12.7. The van der Waals surface area contributed by atoms with Gasteiger partial charge in [0.1, 0.15) is 11.5 Å². The minimum absolute atomic E-state index is 0.259. The first-order chi connectivity index (χ1) is 10.0. The number of hydrogen-bond acceptors (Lipinski definition) is 6. The van der Waals surface area contributed by atoms with Crippen molar-refractivity contribution in [3.05, 3.63) is 23.5 Å². The van der Waals surface area contributed by atoms with Crippen LogP contribution in [0.4, 0.5) is 0 Å². The van der Waals surface area contributed by atoms with Crippen molar-refractivity contribution in [1.82, 2.24) is 15.1 Å². The SMILES string of the molecule is Cc1cc(-c2nnc(CN3CCC(C(C)O)C3)o2)c(C)o1.